The average molecular weight is 222 g/mol. The van der Waals surface area contributed by atoms with Crippen molar-refractivity contribution in [1.82, 2.24) is 10.3 Å². The molecule has 0 spiro atoms. The van der Waals surface area contributed by atoms with Crippen LogP contribution in [0.2, 0.25) is 0 Å². The molecule has 0 amide bonds. The molecule has 3 heteroatoms. The van der Waals surface area contributed by atoms with Gasteiger partial charge >= 0.3 is 0 Å². The molecule has 1 aliphatic carbocycles. The largest absolute Gasteiger partial charge is 0.312 e. The quantitative estimate of drug-likeness (QED) is 0.717. The van der Waals surface area contributed by atoms with Gasteiger partial charge < -0.3 is 5.32 Å². The summed E-state index contributed by atoms with van der Waals surface area (Å²) in [4.78, 5) is 4.09. The van der Waals surface area contributed by atoms with Gasteiger partial charge in [0.2, 0.25) is 0 Å². The molecule has 2 rings (SSSR count). The van der Waals surface area contributed by atoms with Crippen molar-refractivity contribution >= 4 is 11.8 Å². The highest BCUT2D eigenvalue weighted by Crippen LogP contribution is 2.32. The van der Waals surface area contributed by atoms with Gasteiger partial charge in [0.05, 0.1) is 0 Å². The molecular weight excluding hydrogens is 204 g/mol. The van der Waals surface area contributed by atoms with Crippen LogP contribution in [-0.2, 0) is 6.54 Å². The fourth-order valence-electron chi connectivity index (χ4n) is 1.41. The number of aromatic nitrogens is 1. The summed E-state index contributed by atoms with van der Waals surface area (Å²) in [6.07, 6.45) is 6.67. The fraction of sp³-hybridized carbons (Fsp3) is 0.583. The van der Waals surface area contributed by atoms with E-state index in [1.54, 1.807) is 0 Å². The summed E-state index contributed by atoms with van der Waals surface area (Å²) in [6.45, 7) is 2.05. The number of hydrogen-bond donors (Lipinski definition) is 1. The molecule has 0 bridgehead atoms. The Labute approximate surface area is 95.9 Å². The maximum Gasteiger partial charge on any atom is 0.0312 e. The molecule has 0 unspecified atom stereocenters. The van der Waals surface area contributed by atoms with Gasteiger partial charge in [-0.05, 0) is 36.1 Å². The van der Waals surface area contributed by atoms with Crippen molar-refractivity contribution in [3.05, 3.63) is 30.1 Å². The first-order valence-corrected chi connectivity index (χ1v) is 6.78. The topological polar surface area (TPSA) is 24.9 Å². The minimum atomic E-state index is 0.942. The molecule has 1 N–H and O–H groups in total. The standard InChI is InChI=1S/C12H18N2S/c1-2-12(8-13-5-1)9-14-6-7-15-10-11-3-4-11/h1-2,5,8,11,14H,3-4,6-7,9-10H2. The minimum Gasteiger partial charge on any atom is -0.312 e. The molecule has 0 aromatic carbocycles. The van der Waals surface area contributed by atoms with Crippen LogP contribution in [0.25, 0.3) is 0 Å². The molecule has 1 heterocycles. The Kier molecular flexibility index (Phi) is 4.48. The van der Waals surface area contributed by atoms with Crippen LogP contribution in [0.15, 0.2) is 24.5 Å². The lowest BCUT2D eigenvalue weighted by Gasteiger charge is -2.03. The highest BCUT2D eigenvalue weighted by atomic mass is 32.2. The molecule has 0 atom stereocenters. The second kappa shape index (κ2) is 6.13. The summed E-state index contributed by atoms with van der Waals surface area (Å²) in [5, 5.41) is 3.43. The van der Waals surface area contributed by atoms with E-state index in [2.05, 4.69) is 28.1 Å². The normalized spacial score (nSPS) is 15.5. The molecule has 1 aromatic rings. The van der Waals surface area contributed by atoms with Crippen LogP contribution >= 0.6 is 11.8 Å². The summed E-state index contributed by atoms with van der Waals surface area (Å²) in [7, 11) is 0. The summed E-state index contributed by atoms with van der Waals surface area (Å²) in [5.74, 6) is 3.65. The number of hydrogen-bond acceptors (Lipinski definition) is 3. The van der Waals surface area contributed by atoms with Crippen molar-refractivity contribution in [3.8, 4) is 0 Å². The van der Waals surface area contributed by atoms with E-state index < -0.39 is 0 Å². The van der Waals surface area contributed by atoms with Gasteiger partial charge in [-0.2, -0.15) is 11.8 Å². The van der Waals surface area contributed by atoms with Gasteiger partial charge in [-0.25, -0.2) is 0 Å². The van der Waals surface area contributed by atoms with E-state index >= 15 is 0 Å². The van der Waals surface area contributed by atoms with Gasteiger partial charge in [-0.1, -0.05) is 6.07 Å². The lowest BCUT2D eigenvalue weighted by Crippen LogP contribution is -2.16. The Bertz CT molecular complexity index is 272. The zero-order chi connectivity index (χ0) is 10.3. The first-order valence-electron chi connectivity index (χ1n) is 5.62. The highest BCUT2D eigenvalue weighted by Gasteiger charge is 2.20. The van der Waals surface area contributed by atoms with Gasteiger partial charge in [0.1, 0.15) is 0 Å². The SMILES string of the molecule is c1cncc(CNCCSCC2CC2)c1. The van der Waals surface area contributed by atoms with Crippen LogP contribution in [0.3, 0.4) is 0 Å². The molecular formula is C12H18N2S. The Morgan fingerprint density at radius 3 is 3.13 bits per heavy atom. The lowest BCUT2D eigenvalue weighted by atomic mass is 10.3. The smallest absolute Gasteiger partial charge is 0.0312 e. The molecule has 0 aliphatic heterocycles. The van der Waals surface area contributed by atoms with Crippen LogP contribution in [0.1, 0.15) is 18.4 Å². The van der Waals surface area contributed by atoms with E-state index in [0.29, 0.717) is 0 Å². The molecule has 0 radical (unpaired) electrons. The summed E-state index contributed by atoms with van der Waals surface area (Å²) in [6, 6.07) is 4.09. The van der Waals surface area contributed by atoms with E-state index in [9.17, 15) is 0 Å². The Morgan fingerprint density at radius 1 is 1.47 bits per heavy atom. The zero-order valence-corrected chi connectivity index (χ0v) is 9.80. The van der Waals surface area contributed by atoms with Gasteiger partial charge in [0.15, 0.2) is 0 Å². The van der Waals surface area contributed by atoms with E-state index in [-0.39, 0.29) is 0 Å². The number of nitrogens with zero attached hydrogens (tertiary/aromatic N) is 1. The van der Waals surface area contributed by atoms with Crippen LogP contribution in [0.5, 0.6) is 0 Å². The molecule has 1 fully saturated rings. The van der Waals surface area contributed by atoms with Gasteiger partial charge in [-0.15, -0.1) is 0 Å². The maximum atomic E-state index is 4.09. The van der Waals surface area contributed by atoms with Crippen LogP contribution in [-0.4, -0.2) is 23.0 Å². The summed E-state index contributed by atoms with van der Waals surface area (Å²) in [5.41, 5.74) is 1.27. The molecule has 0 saturated heterocycles. The van der Waals surface area contributed by atoms with E-state index in [0.717, 1.165) is 19.0 Å². The number of thioether (sulfide) groups is 1. The monoisotopic (exact) mass is 222 g/mol. The molecule has 1 aliphatic rings. The third-order valence-electron chi connectivity index (χ3n) is 2.53. The van der Waals surface area contributed by atoms with Crippen LogP contribution < -0.4 is 5.32 Å². The maximum absolute atomic E-state index is 4.09. The average Bonchev–Trinajstić information content (AvgIpc) is 3.09. The molecule has 82 valence electrons. The Hall–Kier alpha value is -0.540. The predicted molar refractivity (Wildman–Crippen MR) is 66.0 cm³/mol. The third-order valence-corrected chi connectivity index (χ3v) is 3.73. The van der Waals surface area contributed by atoms with Crippen molar-refractivity contribution in [2.75, 3.05) is 18.1 Å². The number of pyridine rings is 1. The first kappa shape index (κ1) is 11.0. The van der Waals surface area contributed by atoms with Crippen molar-refractivity contribution < 1.29 is 0 Å². The summed E-state index contributed by atoms with van der Waals surface area (Å²) < 4.78 is 0. The van der Waals surface area contributed by atoms with Gasteiger partial charge in [0.25, 0.3) is 0 Å². The molecule has 15 heavy (non-hydrogen) atoms. The van der Waals surface area contributed by atoms with Crippen molar-refractivity contribution in [3.63, 3.8) is 0 Å². The zero-order valence-electron chi connectivity index (χ0n) is 8.98. The Balaban J connectivity index is 1.47. The van der Waals surface area contributed by atoms with Crippen LogP contribution in [0.4, 0.5) is 0 Å². The van der Waals surface area contributed by atoms with Gasteiger partial charge in [-0.3, -0.25) is 4.98 Å². The lowest BCUT2D eigenvalue weighted by molar-refractivity contribution is 0.729. The first-order chi connectivity index (χ1) is 7.45. The van der Waals surface area contributed by atoms with E-state index in [4.69, 9.17) is 0 Å². The molecule has 1 saturated carbocycles. The second-order valence-electron chi connectivity index (χ2n) is 4.06. The van der Waals surface area contributed by atoms with Crippen LogP contribution in [0, 0.1) is 5.92 Å². The predicted octanol–water partition coefficient (Wildman–Crippen LogP) is 2.31. The summed E-state index contributed by atoms with van der Waals surface area (Å²) >= 11 is 2.08. The fourth-order valence-corrected chi connectivity index (χ4v) is 2.54. The second-order valence-corrected chi connectivity index (χ2v) is 5.21. The van der Waals surface area contributed by atoms with Crippen molar-refractivity contribution in [2.45, 2.75) is 19.4 Å². The van der Waals surface area contributed by atoms with Gasteiger partial charge in [0, 0.05) is 31.2 Å². The number of rotatable bonds is 7. The highest BCUT2D eigenvalue weighted by molar-refractivity contribution is 7.99. The molecule has 2 nitrogen and oxygen atoms in total. The molecule has 1 aromatic heterocycles. The number of nitrogens with one attached hydrogen (secondary N) is 1. The third kappa shape index (κ3) is 4.67. The van der Waals surface area contributed by atoms with E-state index in [1.807, 2.05) is 18.5 Å². The van der Waals surface area contributed by atoms with E-state index in [1.165, 1.54) is 29.9 Å². The van der Waals surface area contributed by atoms with Crippen molar-refractivity contribution in [1.29, 1.82) is 0 Å². The minimum absolute atomic E-state index is 0.942. The Morgan fingerprint density at radius 2 is 2.40 bits per heavy atom. The van der Waals surface area contributed by atoms with Crippen molar-refractivity contribution in [2.24, 2.45) is 5.92 Å².